The van der Waals surface area contributed by atoms with Crippen LogP contribution in [0.3, 0.4) is 0 Å². The van der Waals surface area contributed by atoms with Gasteiger partial charge in [0.2, 0.25) is 5.95 Å². The van der Waals surface area contributed by atoms with Crippen LogP contribution >= 0.6 is 23.2 Å². The summed E-state index contributed by atoms with van der Waals surface area (Å²) in [6.45, 7) is 0.870. The van der Waals surface area contributed by atoms with Crippen molar-refractivity contribution >= 4 is 52.8 Å². The maximum Gasteiger partial charge on any atom is 1.00 e. The van der Waals surface area contributed by atoms with Gasteiger partial charge in [0.25, 0.3) is 5.91 Å². The molecule has 3 aromatic rings. The van der Waals surface area contributed by atoms with Gasteiger partial charge in [-0.1, -0.05) is 53.6 Å². The quantitative estimate of drug-likeness (QED) is 0.388. The molecule has 7 nitrogen and oxygen atoms in total. The number of hydrogen-bond donors (Lipinski definition) is 2. The van der Waals surface area contributed by atoms with E-state index >= 15 is 0 Å². The Balaban J connectivity index is 0.00000241. The topological polar surface area (TPSA) is 95.4 Å². The van der Waals surface area contributed by atoms with Crippen LogP contribution in [-0.4, -0.2) is 39.5 Å². The van der Waals surface area contributed by atoms with Crippen LogP contribution in [0.5, 0.6) is 0 Å². The Morgan fingerprint density at radius 1 is 1.08 bits per heavy atom. The average Bonchev–Trinajstić information content (AvgIpc) is 3.67. The number of carbonyl (C=O) groups is 2. The summed E-state index contributed by atoms with van der Waals surface area (Å²) < 4.78 is 0. The van der Waals surface area contributed by atoms with Gasteiger partial charge in [-0.2, -0.15) is 0 Å². The summed E-state index contributed by atoms with van der Waals surface area (Å²) in [4.78, 5) is 35.1. The molecule has 0 radical (unpaired) electrons. The summed E-state index contributed by atoms with van der Waals surface area (Å²) in [5.41, 5.74) is 1.95. The van der Waals surface area contributed by atoms with Crippen LogP contribution in [0.15, 0.2) is 67.0 Å². The molecule has 1 atom stereocenters. The maximum atomic E-state index is 12.6. The van der Waals surface area contributed by atoms with Gasteiger partial charge in [-0.15, -0.1) is 0 Å². The number of nitrogens with one attached hydrogen (secondary N) is 1. The SMILES string of the molecule is O=C(NC(CC=Cc1ccc(N(CC2CC2)c2ncccn2)cc1)C(=O)O)c1c(Cl)cccc1Cl.[H-].[Na+]. The second-order valence-corrected chi connectivity index (χ2v) is 9.11. The molecule has 1 saturated carbocycles. The molecule has 1 amide bonds. The number of aromatic nitrogens is 2. The van der Waals surface area contributed by atoms with Crippen LogP contribution in [0.4, 0.5) is 11.6 Å². The van der Waals surface area contributed by atoms with Crippen molar-refractivity contribution in [2.24, 2.45) is 5.92 Å². The second-order valence-electron chi connectivity index (χ2n) is 8.29. The van der Waals surface area contributed by atoms with Crippen LogP contribution in [0, 0.1) is 5.92 Å². The number of amides is 1. The predicted octanol–water partition coefficient (Wildman–Crippen LogP) is 2.73. The minimum atomic E-state index is -1.15. The van der Waals surface area contributed by atoms with Crippen LogP contribution in [0.25, 0.3) is 6.08 Å². The second kappa shape index (κ2) is 13.2. The van der Waals surface area contributed by atoms with Crippen molar-refractivity contribution in [3.63, 3.8) is 0 Å². The number of anilines is 2. The average molecular weight is 535 g/mol. The first kappa shape index (κ1) is 28.2. The zero-order chi connectivity index (χ0) is 24.8. The largest absolute Gasteiger partial charge is 1.00 e. The van der Waals surface area contributed by atoms with Crippen molar-refractivity contribution in [2.75, 3.05) is 11.4 Å². The molecular formula is C26H25Cl2N4NaO3. The molecular weight excluding hydrogens is 510 g/mol. The van der Waals surface area contributed by atoms with Crippen molar-refractivity contribution in [3.05, 3.63) is 88.2 Å². The van der Waals surface area contributed by atoms with E-state index in [1.807, 2.05) is 30.3 Å². The molecule has 1 fully saturated rings. The third-order valence-corrected chi connectivity index (χ3v) is 6.24. The number of carbonyl (C=O) groups excluding carboxylic acids is 1. The van der Waals surface area contributed by atoms with Crippen LogP contribution in [0.2, 0.25) is 10.0 Å². The van der Waals surface area contributed by atoms with E-state index in [0.717, 1.165) is 17.8 Å². The van der Waals surface area contributed by atoms with Crippen molar-refractivity contribution < 1.29 is 45.7 Å². The van der Waals surface area contributed by atoms with E-state index < -0.39 is 17.9 Å². The molecule has 1 aromatic heterocycles. The van der Waals surface area contributed by atoms with Crippen molar-refractivity contribution in [1.82, 2.24) is 15.3 Å². The minimum Gasteiger partial charge on any atom is -1.00 e. The molecule has 1 aliphatic carbocycles. The van der Waals surface area contributed by atoms with Crippen LogP contribution in [0.1, 0.15) is 36.6 Å². The standard InChI is InChI=1S/C26H24Cl2N4O3.Na.H/c27-20-5-2-6-21(28)23(20)24(33)31-22(25(34)35)7-1-4-17-10-12-19(13-11-17)32(16-18-8-9-18)26-29-14-3-15-30-26;;/h1-6,10-15,18,22H,7-9,16H2,(H,31,33)(H,34,35);;/q;+1;-1. The van der Waals surface area contributed by atoms with E-state index in [0.29, 0.717) is 11.9 Å². The van der Waals surface area contributed by atoms with E-state index in [1.165, 1.54) is 25.0 Å². The Bertz CT molecular complexity index is 1210. The Morgan fingerprint density at radius 2 is 1.72 bits per heavy atom. The van der Waals surface area contributed by atoms with Crippen molar-refractivity contribution in [1.29, 1.82) is 0 Å². The van der Waals surface area contributed by atoms with Crippen molar-refractivity contribution in [2.45, 2.75) is 25.3 Å². The molecule has 10 heteroatoms. The smallest absolute Gasteiger partial charge is 1.00 e. The van der Waals surface area contributed by atoms with Gasteiger partial charge in [0, 0.05) is 24.6 Å². The third-order valence-electron chi connectivity index (χ3n) is 5.61. The maximum absolute atomic E-state index is 12.6. The molecule has 1 aliphatic rings. The van der Waals surface area contributed by atoms with E-state index in [1.54, 1.807) is 30.6 Å². The Hall–Kier alpha value is -2.42. The molecule has 1 heterocycles. The van der Waals surface area contributed by atoms with E-state index in [4.69, 9.17) is 23.2 Å². The normalized spacial score (nSPS) is 13.6. The number of carboxylic acid groups (broad SMARTS) is 1. The predicted molar refractivity (Wildman–Crippen MR) is 138 cm³/mol. The fourth-order valence-electron chi connectivity index (χ4n) is 3.56. The van der Waals surface area contributed by atoms with E-state index in [-0.39, 0.29) is 53.0 Å². The first-order valence-corrected chi connectivity index (χ1v) is 12.0. The summed E-state index contributed by atoms with van der Waals surface area (Å²) in [6, 6.07) is 13.2. The van der Waals surface area contributed by atoms with Gasteiger partial charge in [-0.3, -0.25) is 4.79 Å². The fourth-order valence-corrected chi connectivity index (χ4v) is 4.13. The summed E-state index contributed by atoms with van der Waals surface area (Å²) >= 11 is 12.1. The van der Waals surface area contributed by atoms with Gasteiger partial charge < -0.3 is 16.7 Å². The summed E-state index contributed by atoms with van der Waals surface area (Å²) in [5.74, 6) is -0.465. The summed E-state index contributed by atoms with van der Waals surface area (Å²) in [6.07, 6.45) is 9.52. The number of aliphatic carboxylic acids is 1. The minimum absolute atomic E-state index is 0. The van der Waals surface area contributed by atoms with Gasteiger partial charge in [-0.05, 0) is 61.1 Å². The van der Waals surface area contributed by atoms with Gasteiger partial charge in [0.1, 0.15) is 6.04 Å². The molecule has 36 heavy (non-hydrogen) atoms. The van der Waals surface area contributed by atoms with Gasteiger partial charge in [-0.25, -0.2) is 14.8 Å². The van der Waals surface area contributed by atoms with Crippen LogP contribution in [-0.2, 0) is 4.79 Å². The zero-order valence-electron chi connectivity index (χ0n) is 20.8. The molecule has 0 saturated heterocycles. The van der Waals surface area contributed by atoms with Gasteiger partial charge >= 0.3 is 35.5 Å². The first-order valence-electron chi connectivity index (χ1n) is 11.2. The monoisotopic (exact) mass is 534 g/mol. The number of benzene rings is 2. The molecule has 4 rings (SSSR count). The fraction of sp³-hybridized carbons (Fsp3) is 0.231. The molecule has 1 unspecified atom stereocenters. The number of nitrogens with zero attached hydrogens (tertiary/aromatic N) is 3. The Morgan fingerprint density at radius 3 is 2.31 bits per heavy atom. The van der Waals surface area contributed by atoms with Crippen molar-refractivity contribution in [3.8, 4) is 0 Å². The van der Waals surface area contributed by atoms with E-state index in [9.17, 15) is 14.7 Å². The van der Waals surface area contributed by atoms with Gasteiger partial charge in [0.15, 0.2) is 0 Å². The summed E-state index contributed by atoms with van der Waals surface area (Å²) in [5, 5.41) is 12.4. The first-order chi connectivity index (χ1) is 16.9. The number of hydrogen-bond acceptors (Lipinski definition) is 5. The zero-order valence-corrected chi connectivity index (χ0v) is 23.3. The molecule has 2 N–H and O–H groups in total. The molecule has 182 valence electrons. The molecule has 0 bridgehead atoms. The van der Waals surface area contributed by atoms with Gasteiger partial charge in [0.05, 0.1) is 15.6 Å². The molecule has 0 aliphatic heterocycles. The molecule has 0 spiro atoms. The summed E-state index contributed by atoms with van der Waals surface area (Å²) in [7, 11) is 0. The number of carboxylic acids is 1. The molecule has 2 aromatic carbocycles. The Kier molecular flexibility index (Phi) is 10.3. The number of rotatable bonds is 10. The van der Waals surface area contributed by atoms with Crippen LogP contribution < -0.4 is 39.8 Å². The van der Waals surface area contributed by atoms with E-state index in [2.05, 4.69) is 20.2 Å². The Labute approximate surface area is 243 Å². The third kappa shape index (κ3) is 7.54. The number of halogens is 2.